The number of ether oxygens (including phenoxy) is 1. The van der Waals surface area contributed by atoms with Gasteiger partial charge in [0.05, 0.1) is 6.10 Å². The number of hydrogen-bond donors (Lipinski definition) is 1. The normalized spacial score (nSPS) is 14.1. The molecule has 4 nitrogen and oxygen atoms in total. The van der Waals surface area contributed by atoms with Gasteiger partial charge < -0.3 is 4.74 Å². The Bertz CT molecular complexity index is 194. The van der Waals surface area contributed by atoms with Crippen molar-refractivity contribution >= 4 is 13.9 Å². The van der Waals surface area contributed by atoms with Crippen LogP contribution in [0.5, 0.6) is 0 Å². The van der Waals surface area contributed by atoms with E-state index in [0.717, 1.165) is 0 Å². The van der Waals surface area contributed by atoms with Crippen molar-refractivity contribution in [2.75, 3.05) is 6.16 Å². The highest BCUT2D eigenvalue weighted by Gasteiger charge is 2.23. The number of nitrogens with one attached hydrogen (secondary N) is 1. The third-order valence-electron chi connectivity index (χ3n) is 1.33. The summed E-state index contributed by atoms with van der Waals surface area (Å²) in [5.41, 5.74) is 0. The van der Waals surface area contributed by atoms with E-state index >= 15 is 0 Å². The maximum absolute atomic E-state index is 11.2. The number of esters is 1. The Hall–Kier alpha value is -0.470. The molecule has 0 radical (unpaired) electrons. The number of hydrogen-bond acceptors (Lipinski definition) is 3. The molecule has 0 fully saturated rings. The third-order valence-corrected chi connectivity index (χ3v) is 2.58. The van der Waals surface area contributed by atoms with Gasteiger partial charge in [0.1, 0.15) is 6.04 Å². The van der Waals surface area contributed by atoms with Gasteiger partial charge in [-0.05, 0) is 27.7 Å². The first-order chi connectivity index (χ1) is 5.97. The minimum atomic E-state index is -1.48. The molecule has 1 unspecified atom stereocenters. The van der Waals surface area contributed by atoms with Crippen LogP contribution in [0, 0.1) is 0 Å². The summed E-state index contributed by atoms with van der Waals surface area (Å²) in [6.07, 6.45) is 0.394. The summed E-state index contributed by atoms with van der Waals surface area (Å²) in [5.74, 6) is -0.355. The zero-order chi connectivity index (χ0) is 10.4. The first-order valence-electron chi connectivity index (χ1n) is 4.38. The fraction of sp³-hybridized carbons (Fsp3) is 0.875. The molecule has 13 heavy (non-hydrogen) atoms. The summed E-state index contributed by atoms with van der Waals surface area (Å²) in [6, 6.07) is -0.494. The highest BCUT2D eigenvalue weighted by molar-refractivity contribution is 7.42. The van der Waals surface area contributed by atoms with E-state index in [2.05, 4.69) is 5.09 Å². The van der Waals surface area contributed by atoms with Crippen LogP contribution in [-0.4, -0.2) is 24.3 Å². The first kappa shape index (κ1) is 12.5. The van der Waals surface area contributed by atoms with Crippen LogP contribution in [0.1, 0.15) is 27.7 Å². The molecule has 2 atom stereocenters. The number of carbonyl (C=O) groups excluding carboxylic acids is 1. The smallest absolute Gasteiger partial charge is 0.432 e. The van der Waals surface area contributed by atoms with Crippen LogP contribution in [0.3, 0.4) is 0 Å². The number of carbonyl (C=O) groups is 1. The highest BCUT2D eigenvalue weighted by atomic mass is 31.1. The van der Waals surface area contributed by atoms with Crippen LogP contribution < -0.4 is 5.09 Å². The Labute approximate surface area is 79.9 Å². The van der Waals surface area contributed by atoms with Gasteiger partial charge in [-0.3, -0.25) is 4.79 Å². The second kappa shape index (κ2) is 6.06. The van der Waals surface area contributed by atoms with Crippen molar-refractivity contribution < 1.29 is 14.1 Å². The molecule has 0 aromatic rings. The quantitative estimate of drug-likeness (QED) is 0.549. The summed E-state index contributed by atoms with van der Waals surface area (Å²) in [6.45, 7) is 7.01. The Kier molecular flexibility index (Phi) is 5.84. The molecule has 0 saturated heterocycles. The summed E-state index contributed by atoms with van der Waals surface area (Å²) in [7, 11) is -1.48. The van der Waals surface area contributed by atoms with Crippen LogP contribution in [0.2, 0.25) is 0 Å². The minimum Gasteiger partial charge on any atom is -0.462 e. The third kappa shape index (κ3) is 5.72. The van der Waals surface area contributed by atoms with E-state index < -0.39 is 14.0 Å². The van der Waals surface area contributed by atoms with Crippen LogP contribution in [0.25, 0.3) is 0 Å². The molecule has 5 heteroatoms. The number of rotatable bonds is 5. The molecule has 0 aliphatic heterocycles. The lowest BCUT2D eigenvalue weighted by Crippen LogP contribution is -2.32. The fourth-order valence-corrected chi connectivity index (χ4v) is 1.41. The molecular formula is C8H17NO3P+. The van der Waals surface area contributed by atoms with Crippen LogP contribution in [0.4, 0.5) is 0 Å². The average Bonchev–Trinajstić information content (AvgIpc) is 2.02. The molecule has 0 rings (SSSR count). The van der Waals surface area contributed by atoms with Crippen molar-refractivity contribution in [3.63, 3.8) is 0 Å². The zero-order valence-electron chi connectivity index (χ0n) is 8.53. The van der Waals surface area contributed by atoms with Gasteiger partial charge >= 0.3 is 13.9 Å². The van der Waals surface area contributed by atoms with Crippen molar-refractivity contribution in [2.45, 2.75) is 39.8 Å². The maximum atomic E-state index is 11.2. The standard InChI is InChI=1S/C8H17NO3P/c1-5-13(11)9-7(4)8(10)12-6(2)3/h6-7H,5H2,1-4H3,(H,9,11)/q+1/t7-/m1/s1. The van der Waals surface area contributed by atoms with Gasteiger partial charge in [-0.1, -0.05) is 9.65 Å². The van der Waals surface area contributed by atoms with E-state index in [0.29, 0.717) is 6.16 Å². The monoisotopic (exact) mass is 206 g/mol. The molecule has 0 aromatic carbocycles. The molecule has 0 bridgehead atoms. The van der Waals surface area contributed by atoms with E-state index in [1.807, 2.05) is 0 Å². The molecule has 0 amide bonds. The van der Waals surface area contributed by atoms with Gasteiger partial charge in [0, 0.05) is 0 Å². The maximum Gasteiger partial charge on any atom is 0.432 e. The molecule has 0 saturated carbocycles. The molecule has 0 aromatic heterocycles. The van der Waals surface area contributed by atoms with Crippen LogP contribution >= 0.6 is 7.95 Å². The Morgan fingerprint density at radius 3 is 2.38 bits per heavy atom. The lowest BCUT2D eigenvalue weighted by atomic mass is 10.4. The summed E-state index contributed by atoms with van der Waals surface area (Å²) in [5, 5.41) is 2.67. The Balaban J connectivity index is 3.89. The van der Waals surface area contributed by atoms with Gasteiger partial charge in [-0.2, -0.15) is 0 Å². The van der Waals surface area contributed by atoms with E-state index in [4.69, 9.17) is 4.74 Å². The fourth-order valence-electron chi connectivity index (χ4n) is 0.694. The minimum absolute atomic E-state index is 0.128. The van der Waals surface area contributed by atoms with Crippen molar-refractivity contribution in [3.05, 3.63) is 0 Å². The Morgan fingerprint density at radius 2 is 2.00 bits per heavy atom. The average molecular weight is 206 g/mol. The van der Waals surface area contributed by atoms with Gasteiger partial charge in [0.25, 0.3) is 0 Å². The van der Waals surface area contributed by atoms with Gasteiger partial charge in [0.2, 0.25) is 0 Å². The molecular weight excluding hydrogens is 189 g/mol. The highest BCUT2D eigenvalue weighted by Crippen LogP contribution is 2.14. The van der Waals surface area contributed by atoms with Gasteiger partial charge in [0.15, 0.2) is 6.16 Å². The molecule has 0 spiro atoms. The zero-order valence-corrected chi connectivity index (χ0v) is 9.43. The van der Waals surface area contributed by atoms with E-state index in [1.54, 1.807) is 27.7 Å². The van der Waals surface area contributed by atoms with Crippen molar-refractivity contribution in [3.8, 4) is 0 Å². The van der Waals surface area contributed by atoms with Gasteiger partial charge in [-0.25, -0.2) is 0 Å². The summed E-state index contributed by atoms with van der Waals surface area (Å²) in [4.78, 5) is 11.2. The summed E-state index contributed by atoms with van der Waals surface area (Å²) < 4.78 is 16.0. The molecule has 76 valence electrons. The molecule has 1 N–H and O–H groups in total. The molecule has 0 heterocycles. The largest absolute Gasteiger partial charge is 0.462 e. The van der Waals surface area contributed by atoms with Crippen LogP contribution in [0.15, 0.2) is 0 Å². The molecule has 0 aliphatic rings. The SMILES string of the molecule is CC[P+](=O)N[C@H](C)C(=O)OC(C)C. The predicted molar refractivity (Wildman–Crippen MR) is 52.0 cm³/mol. The Morgan fingerprint density at radius 1 is 1.46 bits per heavy atom. The van der Waals surface area contributed by atoms with Crippen molar-refractivity contribution in [2.24, 2.45) is 0 Å². The van der Waals surface area contributed by atoms with Crippen molar-refractivity contribution in [1.82, 2.24) is 5.09 Å². The van der Waals surface area contributed by atoms with Crippen LogP contribution in [-0.2, 0) is 14.1 Å². The van der Waals surface area contributed by atoms with E-state index in [9.17, 15) is 9.36 Å². The van der Waals surface area contributed by atoms with Crippen molar-refractivity contribution in [1.29, 1.82) is 0 Å². The van der Waals surface area contributed by atoms with Gasteiger partial charge in [-0.15, -0.1) is 0 Å². The second-order valence-corrected chi connectivity index (χ2v) is 4.68. The lowest BCUT2D eigenvalue weighted by Gasteiger charge is -2.10. The second-order valence-electron chi connectivity index (χ2n) is 3.03. The first-order valence-corrected chi connectivity index (χ1v) is 5.83. The lowest BCUT2D eigenvalue weighted by molar-refractivity contribution is -0.148. The topological polar surface area (TPSA) is 55.4 Å². The predicted octanol–water partition coefficient (Wildman–Crippen LogP) is 1.68. The van der Waals surface area contributed by atoms with E-state index in [1.165, 1.54) is 0 Å². The molecule has 0 aliphatic carbocycles. The van der Waals surface area contributed by atoms with E-state index in [-0.39, 0.29) is 12.1 Å². The summed E-state index contributed by atoms with van der Waals surface area (Å²) >= 11 is 0.